The second-order valence-electron chi connectivity index (χ2n) is 5.36. The molecule has 6 nitrogen and oxygen atoms in total. The highest BCUT2D eigenvalue weighted by molar-refractivity contribution is 5.92. The van der Waals surface area contributed by atoms with Gasteiger partial charge in [0.1, 0.15) is 5.69 Å². The van der Waals surface area contributed by atoms with Gasteiger partial charge in [-0.2, -0.15) is 5.10 Å². The molecule has 6 heteroatoms. The van der Waals surface area contributed by atoms with Gasteiger partial charge in [0.05, 0.1) is 0 Å². The van der Waals surface area contributed by atoms with E-state index in [0.29, 0.717) is 5.69 Å². The molecule has 20 heavy (non-hydrogen) atoms. The van der Waals surface area contributed by atoms with Crippen LogP contribution in [0, 0.1) is 0 Å². The Morgan fingerprint density at radius 2 is 2.00 bits per heavy atom. The average molecular weight is 279 g/mol. The van der Waals surface area contributed by atoms with Gasteiger partial charge in [-0.05, 0) is 32.0 Å². The number of amides is 1. The average Bonchev–Trinajstić information content (AvgIpc) is 2.90. The maximum Gasteiger partial charge on any atom is 0.274 e. The summed E-state index contributed by atoms with van der Waals surface area (Å²) in [5.74, 6) is 0.0494. The van der Waals surface area contributed by atoms with Crippen LogP contribution in [-0.4, -0.2) is 64.8 Å². The van der Waals surface area contributed by atoms with Crippen LogP contribution in [-0.2, 0) is 7.05 Å². The molecule has 112 valence electrons. The van der Waals surface area contributed by atoms with E-state index in [2.05, 4.69) is 10.00 Å². The van der Waals surface area contributed by atoms with Gasteiger partial charge in [0, 0.05) is 39.4 Å². The van der Waals surface area contributed by atoms with E-state index in [0.717, 1.165) is 45.7 Å². The number of carbonyl (C=O) groups excluding carboxylic acids is 1. The Bertz CT molecular complexity index is 423. The third kappa shape index (κ3) is 4.05. The molecule has 0 saturated carbocycles. The number of hydrogen-bond donors (Lipinski definition) is 1. The number of piperazine rings is 1. The summed E-state index contributed by atoms with van der Waals surface area (Å²) in [6, 6.07) is 1.78. The summed E-state index contributed by atoms with van der Waals surface area (Å²) in [5, 5.41) is 4.17. The molecule has 0 atom stereocenters. The molecule has 0 bridgehead atoms. The molecular weight excluding hydrogens is 254 g/mol. The number of nitrogens with two attached hydrogens (primary N) is 1. The third-order valence-electron chi connectivity index (χ3n) is 3.77. The van der Waals surface area contributed by atoms with Crippen molar-refractivity contribution in [3.63, 3.8) is 0 Å². The highest BCUT2D eigenvalue weighted by Crippen LogP contribution is 2.08. The standard InChI is InChI=1S/C14H25N5O/c1-17-8-5-13(16-17)14(20)19-11-9-18(10-12-19)7-4-2-3-6-15/h5,8H,2-4,6-7,9-12,15H2,1H3. The molecular formula is C14H25N5O. The van der Waals surface area contributed by atoms with E-state index >= 15 is 0 Å². The van der Waals surface area contributed by atoms with Crippen LogP contribution in [0.25, 0.3) is 0 Å². The Morgan fingerprint density at radius 3 is 2.60 bits per heavy atom. The Labute approximate surface area is 120 Å². The van der Waals surface area contributed by atoms with Gasteiger partial charge in [0.25, 0.3) is 5.91 Å². The van der Waals surface area contributed by atoms with E-state index < -0.39 is 0 Å². The zero-order valence-corrected chi connectivity index (χ0v) is 12.3. The van der Waals surface area contributed by atoms with Crippen molar-refractivity contribution in [2.45, 2.75) is 19.3 Å². The number of rotatable bonds is 6. The minimum Gasteiger partial charge on any atom is -0.335 e. The maximum absolute atomic E-state index is 12.2. The monoisotopic (exact) mass is 279 g/mol. The van der Waals surface area contributed by atoms with E-state index in [1.54, 1.807) is 16.9 Å². The molecule has 1 amide bonds. The fourth-order valence-electron chi connectivity index (χ4n) is 2.52. The van der Waals surface area contributed by atoms with Crippen molar-refractivity contribution >= 4 is 5.91 Å². The lowest BCUT2D eigenvalue weighted by atomic mass is 10.2. The Kier molecular flexibility index (Phi) is 5.55. The fraction of sp³-hybridized carbons (Fsp3) is 0.714. The first-order valence-electron chi connectivity index (χ1n) is 7.42. The smallest absolute Gasteiger partial charge is 0.274 e. The second kappa shape index (κ2) is 7.40. The quantitative estimate of drug-likeness (QED) is 0.761. The first-order chi connectivity index (χ1) is 9.70. The van der Waals surface area contributed by atoms with E-state index in [-0.39, 0.29) is 5.91 Å². The van der Waals surface area contributed by atoms with E-state index in [1.165, 1.54) is 12.8 Å². The molecule has 2 rings (SSSR count). The summed E-state index contributed by atoms with van der Waals surface area (Å²) in [5.41, 5.74) is 6.04. The van der Waals surface area contributed by atoms with Crippen LogP contribution in [0.5, 0.6) is 0 Å². The summed E-state index contributed by atoms with van der Waals surface area (Å²) < 4.78 is 1.67. The number of aromatic nitrogens is 2. The van der Waals surface area contributed by atoms with E-state index in [4.69, 9.17) is 5.73 Å². The number of unbranched alkanes of at least 4 members (excludes halogenated alkanes) is 2. The zero-order chi connectivity index (χ0) is 14.4. The van der Waals surface area contributed by atoms with Crippen LogP contribution < -0.4 is 5.73 Å². The molecule has 1 aromatic rings. The van der Waals surface area contributed by atoms with Gasteiger partial charge in [-0.1, -0.05) is 6.42 Å². The molecule has 1 saturated heterocycles. The van der Waals surface area contributed by atoms with E-state index in [1.807, 2.05) is 11.9 Å². The van der Waals surface area contributed by atoms with Crippen molar-refractivity contribution in [3.05, 3.63) is 18.0 Å². The van der Waals surface area contributed by atoms with Gasteiger partial charge < -0.3 is 10.6 Å². The van der Waals surface area contributed by atoms with Crippen molar-refractivity contribution < 1.29 is 4.79 Å². The largest absolute Gasteiger partial charge is 0.335 e. The number of aryl methyl sites for hydroxylation is 1. The third-order valence-corrected chi connectivity index (χ3v) is 3.77. The highest BCUT2D eigenvalue weighted by Gasteiger charge is 2.23. The molecule has 1 aliphatic rings. The first-order valence-corrected chi connectivity index (χ1v) is 7.42. The fourth-order valence-corrected chi connectivity index (χ4v) is 2.52. The molecule has 1 fully saturated rings. The second-order valence-corrected chi connectivity index (χ2v) is 5.36. The first kappa shape index (κ1) is 15.0. The van der Waals surface area contributed by atoms with Crippen molar-refractivity contribution in [1.82, 2.24) is 19.6 Å². The lowest BCUT2D eigenvalue weighted by Crippen LogP contribution is -2.48. The van der Waals surface area contributed by atoms with Gasteiger partial charge in [-0.15, -0.1) is 0 Å². The molecule has 0 spiro atoms. The summed E-state index contributed by atoms with van der Waals surface area (Å²) in [6.45, 7) is 5.42. The van der Waals surface area contributed by atoms with Crippen molar-refractivity contribution in [3.8, 4) is 0 Å². The lowest BCUT2D eigenvalue weighted by Gasteiger charge is -2.34. The van der Waals surface area contributed by atoms with Gasteiger partial charge in [-0.3, -0.25) is 14.4 Å². The number of hydrogen-bond acceptors (Lipinski definition) is 4. The Balaban J connectivity index is 1.72. The van der Waals surface area contributed by atoms with Crippen LogP contribution in [0.3, 0.4) is 0 Å². The molecule has 2 heterocycles. The van der Waals surface area contributed by atoms with Gasteiger partial charge in [0.2, 0.25) is 0 Å². The van der Waals surface area contributed by atoms with Gasteiger partial charge in [-0.25, -0.2) is 0 Å². The maximum atomic E-state index is 12.2. The zero-order valence-electron chi connectivity index (χ0n) is 12.3. The summed E-state index contributed by atoms with van der Waals surface area (Å²) in [4.78, 5) is 16.6. The number of nitrogens with zero attached hydrogens (tertiary/aromatic N) is 4. The van der Waals surface area contributed by atoms with Crippen LogP contribution in [0.4, 0.5) is 0 Å². The Morgan fingerprint density at radius 1 is 1.25 bits per heavy atom. The van der Waals surface area contributed by atoms with Crippen LogP contribution in [0.15, 0.2) is 12.3 Å². The molecule has 0 aliphatic carbocycles. The lowest BCUT2D eigenvalue weighted by molar-refractivity contribution is 0.0628. The van der Waals surface area contributed by atoms with Crippen LogP contribution in [0.1, 0.15) is 29.8 Å². The Hall–Kier alpha value is -1.40. The van der Waals surface area contributed by atoms with Gasteiger partial charge >= 0.3 is 0 Å². The van der Waals surface area contributed by atoms with Crippen molar-refractivity contribution in [1.29, 1.82) is 0 Å². The summed E-state index contributed by atoms with van der Waals surface area (Å²) in [7, 11) is 1.83. The highest BCUT2D eigenvalue weighted by atomic mass is 16.2. The molecule has 1 aromatic heterocycles. The summed E-state index contributed by atoms with van der Waals surface area (Å²) in [6.07, 6.45) is 5.31. The predicted octanol–water partition coefficient (Wildman–Crippen LogP) is 0.307. The van der Waals surface area contributed by atoms with Crippen molar-refractivity contribution in [2.24, 2.45) is 12.8 Å². The van der Waals surface area contributed by atoms with Crippen LogP contribution >= 0.6 is 0 Å². The molecule has 0 radical (unpaired) electrons. The molecule has 2 N–H and O–H groups in total. The van der Waals surface area contributed by atoms with E-state index in [9.17, 15) is 4.79 Å². The molecule has 1 aliphatic heterocycles. The van der Waals surface area contributed by atoms with Crippen molar-refractivity contribution in [2.75, 3.05) is 39.3 Å². The predicted molar refractivity (Wildman–Crippen MR) is 78.5 cm³/mol. The van der Waals surface area contributed by atoms with Crippen LogP contribution in [0.2, 0.25) is 0 Å². The normalized spacial score (nSPS) is 16.6. The SMILES string of the molecule is Cn1ccc(C(=O)N2CCN(CCCCCN)CC2)n1. The number of carbonyl (C=O) groups is 1. The minimum atomic E-state index is 0.0494. The molecule has 0 unspecified atom stereocenters. The minimum absolute atomic E-state index is 0.0494. The summed E-state index contributed by atoms with van der Waals surface area (Å²) >= 11 is 0. The van der Waals surface area contributed by atoms with Gasteiger partial charge in [0.15, 0.2) is 0 Å². The topological polar surface area (TPSA) is 67.4 Å². The molecule has 0 aromatic carbocycles.